The Balaban J connectivity index is 1.39. The zero-order chi connectivity index (χ0) is 22.5. The minimum atomic E-state index is -4.42. The summed E-state index contributed by atoms with van der Waals surface area (Å²) in [7, 11) is 1.86. The summed E-state index contributed by atoms with van der Waals surface area (Å²) in [5.41, 5.74) is 0.443. The van der Waals surface area contributed by atoms with Gasteiger partial charge in [0.05, 0.1) is 5.69 Å². The second-order valence-electron chi connectivity index (χ2n) is 8.72. The van der Waals surface area contributed by atoms with E-state index in [1.807, 2.05) is 32.7 Å². The van der Waals surface area contributed by atoms with Gasteiger partial charge in [-0.05, 0) is 37.7 Å². The number of aromatic nitrogens is 4. The number of amides is 1. The van der Waals surface area contributed by atoms with Crippen molar-refractivity contribution < 1.29 is 18.0 Å². The molecule has 2 aliphatic rings. The van der Waals surface area contributed by atoms with Crippen molar-refractivity contribution in [3.63, 3.8) is 0 Å². The van der Waals surface area contributed by atoms with Crippen molar-refractivity contribution in [1.29, 1.82) is 0 Å². The van der Waals surface area contributed by atoms with E-state index in [0.29, 0.717) is 29.7 Å². The lowest BCUT2D eigenvalue weighted by Gasteiger charge is -2.38. The number of halogens is 3. The Kier molecular flexibility index (Phi) is 5.30. The van der Waals surface area contributed by atoms with Crippen molar-refractivity contribution in [2.75, 3.05) is 22.6 Å². The summed E-state index contributed by atoms with van der Waals surface area (Å²) < 4.78 is 39.4. The molecule has 1 amide bonds. The first-order valence-corrected chi connectivity index (χ1v) is 10.3. The zero-order valence-corrected chi connectivity index (χ0v) is 17.9. The average Bonchev–Trinajstić information content (AvgIpc) is 3.10. The molecular formula is C20H26F3N7O. The van der Waals surface area contributed by atoms with Crippen LogP contribution in [-0.4, -0.2) is 44.8 Å². The van der Waals surface area contributed by atoms with Gasteiger partial charge in [0.2, 0.25) is 11.9 Å². The number of hydrogen-bond donors (Lipinski definition) is 2. The van der Waals surface area contributed by atoms with Crippen molar-refractivity contribution in [3.05, 3.63) is 23.7 Å². The van der Waals surface area contributed by atoms with Crippen LogP contribution in [0, 0.1) is 18.8 Å². The molecule has 31 heavy (non-hydrogen) atoms. The molecule has 0 radical (unpaired) electrons. The van der Waals surface area contributed by atoms with Gasteiger partial charge in [0, 0.05) is 25.8 Å². The Morgan fingerprint density at radius 3 is 2.61 bits per heavy atom. The van der Waals surface area contributed by atoms with Crippen LogP contribution < -0.4 is 15.5 Å². The SMILES string of the molecule is Cc1nc(N[C@H]2C[C@@H](Cn3ccc(C(F)(F)F)n3)C2)nc2c1NC(=O)C(C(C)C)N2C. The van der Waals surface area contributed by atoms with Crippen LogP contribution in [0.2, 0.25) is 0 Å². The second-order valence-corrected chi connectivity index (χ2v) is 8.72. The van der Waals surface area contributed by atoms with E-state index in [0.717, 1.165) is 18.9 Å². The number of aryl methyl sites for hydroxylation is 1. The number of anilines is 3. The van der Waals surface area contributed by atoms with Crippen LogP contribution in [0.1, 0.15) is 38.1 Å². The molecule has 0 bridgehead atoms. The molecule has 0 saturated heterocycles. The number of carbonyl (C=O) groups excluding carboxylic acids is 1. The lowest BCUT2D eigenvalue weighted by atomic mass is 9.80. The molecule has 2 aromatic heterocycles. The van der Waals surface area contributed by atoms with Crippen molar-refractivity contribution in [2.24, 2.45) is 11.8 Å². The van der Waals surface area contributed by atoms with E-state index in [4.69, 9.17) is 0 Å². The van der Waals surface area contributed by atoms with Crippen LogP contribution in [0.5, 0.6) is 0 Å². The molecule has 1 aliphatic carbocycles. The third-order valence-electron chi connectivity index (χ3n) is 5.92. The predicted molar refractivity (Wildman–Crippen MR) is 110 cm³/mol. The van der Waals surface area contributed by atoms with Crippen molar-refractivity contribution in [2.45, 2.75) is 58.4 Å². The number of hydrogen-bond acceptors (Lipinski definition) is 6. The van der Waals surface area contributed by atoms with Gasteiger partial charge in [-0.3, -0.25) is 9.48 Å². The van der Waals surface area contributed by atoms with Gasteiger partial charge in [0.25, 0.3) is 0 Å². The molecule has 1 unspecified atom stereocenters. The third-order valence-corrected chi connectivity index (χ3v) is 5.92. The number of likely N-dealkylation sites (N-methyl/N-ethyl adjacent to an activating group) is 1. The number of nitrogens with zero attached hydrogens (tertiary/aromatic N) is 5. The lowest BCUT2D eigenvalue weighted by molar-refractivity contribution is -0.141. The van der Waals surface area contributed by atoms with Crippen LogP contribution in [0.3, 0.4) is 0 Å². The van der Waals surface area contributed by atoms with Crippen molar-refractivity contribution in [3.8, 4) is 0 Å². The lowest BCUT2D eigenvalue weighted by Crippen LogP contribution is -2.50. The highest BCUT2D eigenvalue weighted by atomic mass is 19.4. The Labute approximate surface area is 178 Å². The van der Waals surface area contributed by atoms with Gasteiger partial charge in [-0.1, -0.05) is 13.8 Å². The molecule has 1 saturated carbocycles. The molecule has 1 aliphatic heterocycles. The fourth-order valence-electron chi connectivity index (χ4n) is 4.34. The number of alkyl halides is 3. The molecule has 168 valence electrons. The van der Waals surface area contributed by atoms with E-state index in [-0.39, 0.29) is 29.8 Å². The van der Waals surface area contributed by atoms with Crippen LogP contribution in [0.15, 0.2) is 12.3 Å². The Morgan fingerprint density at radius 1 is 1.29 bits per heavy atom. The highest BCUT2D eigenvalue weighted by Crippen LogP contribution is 2.36. The van der Waals surface area contributed by atoms with Gasteiger partial charge in [0.15, 0.2) is 11.5 Å². The molecule has 2 N–H and O–H groups in total. The summed E-state index contributed by atoms with van der Waals surface area (Å²) in [6.07, 6.45) is -1.46. The van der Waals surface area contributed by atoms with E-state index in [2.05, 4.69) is 25.7 Å². The standard InChI is InChI=1S/C20H26F3N7O/c1-10(2)16-18(31)26-15-11(3)24-19(27-17(15)29(16)4)25-13-7-12(8-13)9-30-6-5-14(28-30)20(21,22)23/h5-6,10,12-13,16H,7-9H2,1-4H3,(H,26,31)(H,24,25,27)/t12-,13+,16?. The topological polar surface area (TPSA) is 88.0 Å². The highest BCUT2D eigenvalue weighted by molar-refractivity contribution is 6.03. The summed E-state index contributed by atoms with van der Waals surface area (Å²) in [6.45, 7) is 6.26. The fourth-order valence-corrected chi connectivity index (χ4v) is 4.34. The Morgan fingerprint density at radius 2 is 2.00 bits per heavy atom. The molecule has 0 spiro atoms. The van der Waals surface area contributed by atoms with Gasteiger partial charge < -0.3 is 15.5 Å². The van der Waals surface area contributed by atoms with E-state index in [9.17, 15) is 18.0 Å². The molecule has 0 aromatic carbocycles. The van der Waals surface area contributed by atoms with Gasteiger partial charge in [-0.15, -0.1) is 0 Å². The molecule has 3 heterocycles. The third kappa shape index (κ3) is 4.17. The molecule has 8 nitrogen and oxygen atoms in total. The number of fused-ring (bicyclic) bond motifs is 1. The van der Waals surface area contributed by atoms with Crippen LogP contribution >= 0.6 is 0 Å². The molecule has 4 rings (SSSR count). The van der Waals surface area contributed by atoms with Gasteiger partial charge in [-0.25, -0.2) is 4.98 Å². The van der Waals surface area contributed by atoms with E-state index in [1.54, 1.807) is 0 Å². The highest BCUT2D eigenvalue weighted by Gasteiger charge is 2.37. The Bertz CT molecular complexity index is 982. The molecule has 1 atom stereocenters. The van der Waals surface area contributed by atoms with Crippen molar-refractivity contribution in [1.82, 2.24) is 19.7 Å². The smallest absolute Gasteiger partial charge is 0.351 e. The van der Waals surface area contributed by atoms with Gasteiger partial charge in [-0.2, -0.15) is 23.3 Å². The van der Waals surface area contributed by atoms with E-state index in [1.165, 1.54) is 10.9 Å². The minimum absolute atomic E-state index is 0.0634. The molecule has 11 heteroatoms. The van der Waals surface area contributed by atoms with Gasteiger partial charge in [0.1, 0.15) is 11.7 Å². The number of carbonyl (C=O) groups is 1. The summed E-state index contributed by atoms with van der Waals surface area (Å²) >= 11 is 0. The number of rotatable bonds is 5. The average molecular weight is 437 g/mol. The summed E-state index contributed by atoms with van der Waals surface area (Å²) in [5, 5.41) is 9.86. The summed E-state index contributed by atoms with van der Waals surface area (Å²) in [6, 6.07) is 0.834. The monoisotopic (exact) mass is 437 g/mol. The van der Waals surface area contributed by atoms with Crippen LogP contribution in [-0.2, 0) is 17.5 Å². The quantitative estimate of drug-likeness (QED) is 0.746. The first kappa shape index (κ1) is 21.4. The predicted octanol–water partition coefficient (Wildman–Crippen LogP) is 3.30. The van der Waals surface area contributed by atoms with E-state index < -0.39 is 11.9 Å². The molecule has 1 fully saturated rings. The van der Waals surface area contributed by atoms with Gasteiger partial charge >= 0.3 is 6.18 Å². The second kappa shape index (κ2) is 7.69. The van der Waals surface area contributed by atoms with Crippen LogP contribution in [0.4, 0.5) is 30.6 Å². The van der Waals surface area contributed by atoms with Crippen LogP contribution in [0.25, 0.3) is 0 Å². The normalized spacial score (nSPS) is 23.4. The van der Waals surface area contributed by atoms with E-state index >= 15 is 0 Å². The summed E-state index contributed by atoms with van der Waals surface area (Å²) in [5.74, 6) is 1.47. The first-order valence-electron chi connectivity index (χ1n) is 10.3. The Hall–Kier alpha value is -2.85. The zero-order valence-electron chi connectivity index (χ0n) is 17.9. The maximum Gasteiger partial charge on any atom is 0.435 e. The summed E-state index contributed by atoms with van der Waals surface area (Å²) in [4.78, 5) is 23.4. The maximum atomic E-state index is 12.7. The maximum absolute atomic E-state index is 12.7. The first-order chi connectivity index (χ1) is 14.5. The largest absolute Gasteiger partial charge is 0.435 e. The minimum Gasteiger partial charge on any atom is -0.351 e. The molecule has 2 aromatic rings. The fraction of sp³-hybridized carbons (Fsp3) is 0.600. The van der Waals surface area contributed by atoms with Crippen molar-refractivity contribution >= 4 is 23.4 Å². The molecular weight excluding hydrogens is 411 g/mol. The number of nitrogens with one attached hydrogen (secondary N) is 2.